The second-order valence-electron chi connectivity index (χ2n) is 6.86. The maximum absolute atomic E-state index is 11.1. The first kappa shape index (κ1) is 20.0. The van der Waals surface area contributed by atoms with Crippen molar-refractivity contribution >= 4 is 28.7 Å². The summed E-state index contributed by atoms with van der Waals surface area (Å²) in [6, 6.07) is 4.03. The highest BCUT2D eigenvalue weighted by molar-refractivity contribution is 14.1. The first-order valence-corrected chi connectivity index (χ1v) is 10.3. The van der Waals surface area contributed by atoms with Gasteiger partial charge < -0.3 is 15.8 Å². The van der Waals surface area contributed by atoms with E-state index in [1.807, 2.05) is 13.1 Å². The third kappa shape index (κ3) is 5.38. The number of primary amides is 1. The lowest BCUT2D eigenvalue weighted by molar-refractivity contribution is 0.0966. The number of nitrogens with two attached hydrogens (primary N) is 1. The molecule has 2 aromatic rings. The van der Waals surface area contributed by atoms with Gasteiger partial charge in [0.1, 0.15) is 11.8 Å². The van der Waals surface area contributed by atoms with E-state index in [0.717, 1.165) is 39.2 Å². The van der Waals surface area contributed by atoms with Gasteiger partial charge in [0.15, 0.2) is 0 Å². The van der Waals surface area contributed by atoms with Crippen LogP contribution < -0.4 is 11.1 Å². The van der Waals surface area contributed by atoms with E-state index in [1.165, 1.54) is 12.8 Å². The Balaban J connectivity index is 1.68. The van der Waals surface area contributed by atoms with Gasteiger partial charge in [-0.25, -0.2) is 9.78 Å². The lowest BCUT2D eigenvalue weighted by Crippen LogP contribution is -2.33. The molecule has 0 aromatic carbocycles. The standard InChI is InChI=1S/C18H25IN6O2/c1-3-14-13(19)6-7-15(22-14)17-16(25(2)24-23-17)10-21-9-12(27-18(20)26)8-11-4-5-11/h6-7,11-12,21H,3-5,8-10H2,1-2H3,(H2,20,26). The number of ether oxygens (including phenoxy) is 1. The van der Waals surface area contributed by atoms with Crippen LogP contribution in [0.25, 0.3) is 11.4 Å². The smallest absolute Gasteiger partial charge is 0.404 e. The Labute approximate surface area is 172 Å². The Kier molecular flexibility index (Phi) is 6.64. The predicted octanol–water partition coefficient (Wildman–Crippen LogP) is 2.40. The highest BCUT2D eigenvalue weighted by atomic mass is 127. The number of carbonyl (C=O) groups is 1. The second kappa shape index (κ2) is 8.96. The molecule has 1 saturated carbocycles. The summed E-state index contributed by atoms with van der Waals surface area (Å²) >= 11 is 2.30. The molecule has 1 atom stereocenters. The van der Waals surface area contributed by atoms with E-state index < -0.39 is 6.09 Å². The van der Waals surface area contributed by atoms with Gasteiger partial charge in [-0.3, -0.25) is 4.68 Å². The number of nitrogens with one attached hydrogen (secondary N) is 1. The lowest BCUT2D eigenvalue weighted by Gasteiger charge is -2.17. The van der Waals surface area contributed by atoms with Gasteiger partial charge in [-0.1, -0.05) is 25.0 Å². The molecule has 1 fully saturated rings. The van der Waals surface area contributed by atoms with Crippen LogP contribution >= 0.6 is 22.6 Å². The average molecular weight is 484 g/mol. The summed E-state index contributed by atoms with van der Waals surface area (Å²) in [4.78, 5) is 15.9. The van der Waals surface area contributed by atoms with E-state index in [2.05, 4.69) is 51.2 Å². The maximum Gasteiger partial charge on any atom is 0.404 e. The summed E-state index contributed by atoms with van der Waals surface area (Å²) in [6.45, 7) is 3.19. The van der Waals surface area contributed by atoms with Crippen LogP contribution in [0.4, 0.5) is 4.79 Å². The number of aryl methyl sites for hydroxylation is 2. The molecule has 9 heteroatoms. The van der Waals surface area contributed by atoms with E-state index >= 15 is 0 Å². The van der Waals surface area contributed by atoms with Crippen molar-refractivity contribution in [3.63, 3.8) is 0 Å². The quantitative estimate of drug-likeness (QED) is 0.530. The molecular weight excluding hydrogens is 459 g/mol. The number of amides is 1. The van der Waals surface area contributed by atoms with Crippen LogP contribution in [0.1, 0.15) is 37.6 Å². The fourth-order valence-corrected chi connectivity index (χ4v) is 3.73. The van der Waals surface area contributed by atoms with Crippen molar-refractivity contribution in [3.05, 3.63) is 27.1 Å². The van der Waals surface area contributed by atoms with Gasteiger partial charge in [0, 0.05) is 23.7 Å². The molecule has 146 valence electrons. The van der Waals surface area contributed by atoms with Crippen molar-refractivity contribution in [2.75, 3.05) is 6.54 Å². The number of aromatic nitrogens is 4. The highest BCUT2D eigenvalue weighted by Crippen LogP contribution is 2.34. The van der Waals surface area contributed by atoms with E-state index in [4.69, 9.17) is 15.5 Å². The summed E-state index contributed by atoms with van der Waals surface area (Å²) in [7, 11) is 1.86. The van der Waals surface area contributed by atoms with Crippen LogP contribution in [0.3, 0.4) is 0 Å². The topological polar surface area (TPSA) is 108 Å². The van der Waals surface area contributed by atoms with E-state index in [-0.39, 0.29) is 6.10 Å². The number of halogens is 1. The monoisotopic (exact) mass is 484 g/mol. The summed E-state index contributed by atoms with van der Waals surface area (Å²) in [6.07, 6.45) is 3.20. The van der Waals surface area contributed by atoms with Crippen LogP contribution in [-0.4, -0.2) is 38.7 Å². The van der Waals surface area contributed by atoms with Gasteiger partial charge >= 0.3 is 6.09 Å². The normalized spacial score (nSPS) is 14.9. The number of nitrogens with zero attached hydrogens (tertiary/aromatic N) is 4. The Morgan fingerprint density at radius 3 is 2.93 bits per heavy atom. The minimum Gasteiger partial charge on any atom is -0.445 e. The van der Waals surface area contributed by atoms with Crippen LogP contribution in [0.2, 0.25) is 0 Å². The maximum atomic E-state index is 11.1. The first-order valence-electron chi connectivity index (χ1n) is 9.19. The second-order valence-corrected chi connectivity index (χ2v) is 8.02. The van der Waals surface area contributed by atoms with Crippen molar-refractivity contribution < 1.29 is 9.53 Å². The molecule has 1 amide bonds. The molecule has 1 aliphatic rings. The minimum atomic E-state index is -0.722. The zero-order valence-corrected chi connectivity index (χ0v) is 17.8. The average Bonchev–Trinajstić information content (AvgIpc) is 3.37. The summed E-state index contributed by atoms with van der Waals surface area (Å²) < 4.78 is 8.13. The van der Waals surface area contributed by atoms with Crippen molar-refractivity contribution in [1.29, 1.82) is 0 Å². The molecular formula is C18H25IN6O2. The molecule has 8 nitrogen and oxygen atoms in total. The molecule has 0 saturated heterocycles. The van der Waals surface area contributed by atoms with Crippen molar-refractivity contribution in [2.45, 2.75) is 45.3 Å². The van der Waals surface area contributed by atoms with E-state index in [1.54, 1.807) is 4.68 Å². The predicted molar refractivity (Wildman–Crippen MR) is 110 cm³/mol. The molecule has 0 radical (unpaired) electrons. The fourth-order valence-electron chi connectivity index (χ4n) is 3.05. The van der Waals surface area contributed by atoms with Crippen LogP contribution in [0.15, 0.2) is 12.1 Å². The van der Waals surface area contributed by atoms with Crippen molar-refractivity contribution in [1.82, 2.24) is 25.3 Å². The lowest BCUT2D eigenvalue weighted by atomic mass is 10.1. The molecule has 1 aliphatic carbocycles. The van der Waals surface area contributed by atoms with Gasteiger partial charge in [-0.05, 0) is 53.5 Å². The molecule has 0 aliphatic heterocycles. The van der Waals surface area contributed by atoms with Crippen LogP contribution in [0.5, 0.6) is 0 Å². The molecule has 1 unspecified atom stereocenters. The highest BCUT2D eigenvalue weighted by Gasteiger charge is 2.27. The zero-order chi connectivity index (χ0) is 19.4. The molecule has 2 heterocycles. The summed E-state index contributed by atoms with van der Waals surface area (Å²) in [5.74, 6) is 0.647. The van der Waals surface area contributed by atoms with Crippen molar-refractivity contribution in [3.8, 4) is 11.4 Å². The van der Waals surface area contributed by atoms with Crippen LogP contribution in [-0.2, 0) is 24.8 Å². The van der Waals surface area contributed by atoms with Gasteiger partial charge in [0.2, 0.25) is 0 Å². The number of pyridine rings is 1. The Morgan fingerprint density at radius 1 is 1.48 bits per heavy atom. The Hall–Kier alpha value is -1.75. The largest absolute Gasteiger partial charge is 0.445 e. The van der Waals surface area contributed by atoms with Gasteiger partial charge in [-0.15, -0.1) is 5.10 Å². The van der Waals surface area contributed by atoms with Crippen molar-refractivity contribution in [2.24, 2.45) is 18.7 Å². The molecule has 3 rings (SSSR count). The summed E-state index contributed by atoms with van der Waals surface area (Å²) in [5, 5.41) is 11.8. The molecule has 27 heavy (non-hydrogen) atoms. The Morgan fingerprint density at radius 2 is 2.26 bits per heavy atom. The number of carbonyl (C=O) groups excluding carboxylic acids is 1. The van der Waals surface area contributed by atoms with E-state index in [9.17, 15) is 4.79 Å². The molecule has 2 aromatic heterocycles. The first-order chi connectivity index (χ1) is 13.0. The zero-order valence-electron chi connectivity index (χ0n) is 15.6. The number of hydrogen-bond acceptors (Lipinski definition) is 6. The molecule has 0 bridgehead atoms. The third-order valence-corrected chi connectivity index (χ3v) is 5.66. The Bertz CT molecular complexity index is 805. The molecule has 3 N–H and O–H groups in total. The fraction of sp³-hybridized carbons (Fsp3) is 0.556. The van der Waals surface area contributed by atoms with E-state index in [0.29, 0.717) is 19.0 Å². The summed E-state index contributed by atoms with van der Waals surface area (Å²) in [5.41, 5.74) is 8.78. The third-order valence-electron chi connectivity index (χ3n) is 4.68. The number of rotatable bonds is 9. The molecule has 0 spiro atoms. The van der Waals surface area contributed by atoms with Crippen LogP contribution in [0, 0.1) is 9.49 Å². The van der Waals surface area contributed by atoms with Gasteiger partial charge in [0.05, 0.1) is 17.1 Å². The van der Waals surface area contributed by atoms with Gasteiger partial charge in [-0.2, -0.15) is 0 Å². The number of hydrogen-bond donors (Lipinski definition) is 2. The minimum absolute atomic E-state index is 0.206. The van der Waals surface area contributed by atoms with Gasteiger partial charge in [0.25, 0.3) is 0 Å². The SMILES string of the molecule is CCc1nc(-c2nnn(C)c2CNCC(CC2CC2)OC(N)=O)ccc1I.